The molecule has 0 N–H and O–H groups in total. The van der Waals surface area contributed by atoms with Crippen LogP contribution in [0.15, 0.2) is 97.2 Å². The minimum Gasteiger partial charge on any atom is -0.545 e. The number of carbonyl (C=O) groups excluding carboxylic acids is 3. The van der Waals surface area contributed by atoms with E-state index in [1.807, 2.05) is 21.1 Å². The van der Waals surface area contributed by atoms with Crippen molar-refractivity contribution in [2.45, 2.75) is 334 Å². The number of hydrogen-bond donors (Lipinski definition) is 0. The second-order valence-corrected chi connectivity index (χ2v) is 25.5. The molecule has 0 aromatic rings. The van der Waals surface area contributed by atoms with E-state index in [0.717, 1.165) is 96.3 Å². The Morgan fingerprint density at radius 2 is 0.621 bits per heavy atom. The maximum atomic E-state index is 12.9. The Kier molecular flexibility index (Phi) is 65.2. The predicted octanol–water partition coefficient (Wildman–Crippen LogP) is 21.5. The van der Waals surface area contributed by atoms with Gasteiger partial charge in [-0.15, -0.1) is 0 Å². The summed E-state index contributed by atoms with van der Waals surface area (Å²) in [6.45, 7) is 4.54. The maximum Gasteiger partial charge on any atom is 0.306 e. The normalized spacial score (nSPS) is 13.3. The lowest BCUT2D eigenvalue weighted by Gasteiger charge is -2.26. The van der Waals surface area contributed by atoms with Gasteiger partial charge in [0.2, 0.25) is 0 Å². The second-order valence-electron chi connectivity index (χ2n) is 25.5. The number of allylic oxidation sites excluding steroid dienone is 16. The largest absolute Gasteiger partial charge is 0.545 e. The fraction of sp³-hybridized carbons (Fsp3) is 0.756. The lowest BCUT2D eigenvalue weighted by Crippen LogP contribution is -2.44. The fourth-order valence-electron chi connectivity index (χ4n) is 10.3. The third kappa shape index (κ3) is 69.5. The van der Waals surface area contributed by atoms with Gasteiger partial charge >= 0.3 is 11.9 Å². The number of ether oxygens (including phenoxy) is 4. The number of carboxylic acid groups (broad SMARTS) is 1. The number of hydrogen-bond acceptors (Lipinski definition) is 8. The van der Waals surface area contributed by atoms with E-state index in [-0.39, 0.29) is 38.6 Å². The van der Waals surface area contributed by atoms with Crippen molar-refractivity contribution in [3.8, 4) is 0 Å². The first kappa shape index (κ1) is 83.2. The van der Waals surface area contributed by atoms with Gasteiger partial charge in [0, 0.05) is 12.8 Å². The molecule has 0 fully saturated rings. The highest BCUT2D eigenvalue weighted by atomic mass is 16.7. The van der Waals surface area contributed by atoms with Crippen molar-refractivity contribution in [3.05, 3.63) is 97.2 Å². The van der Waals surface area contributed by atoms with E-state index in [1.165, 1.54) is 193 Å². The van der Waals surface area contributed by atoms with Gasteiger partial charge in [-0.1, -0.05) is 317 Å². The number of likely N-dealkylation sites (N-methyl/N-ethyl adjacent to an activating group) is 1. The molecular formula is C78H137NO8. The molecule has 0 spiro atoms. The molecule has 0 aliphatic carbocycles. The van der Waals surface area contributed by atoms with Gasteiger partial charge in [0.15, 0.2) is 12.4 Å². The Bertz CT molecular complexity index is 1750. The van der Waals surface area contributed by atoms with E-state index < -0.39 is 24.3 Å². The van der Waals surface area contributed by atoms with Crippen molar-refractivity contribution >= 4 is 17.9 Å². The van der Waals surface area contributed by atoms with E-state index >= 15 is 0 Å². The number of nitrogens with zero attached hydrogens (tertiary/aromatic N) is 1. The average Bonchev–Trinajstić information content (AvgIpc) is 3.59. The first-order valence-electron chi connectivity index (χ1n) is 36.4. The molecule has 2 atom stereocenters. The van der Waals surface area contributed by atoms with Crippen LogP contribution in [-0.4, -0.2) is 82.3 Å². The van der Waals surface area contributed by atoms with E-state index in [0.29, 0.717) is 17.4 Å². The quantitative estimate of drug-likeness (QED) is 0.0195. The van der Waals surface area contributed by atoms with E-state index in [4.69, 9.17) is 18.9 Å². The maximum absolute atomic E-state index is 12.9. The molecule has 0 saturated heterocycles. The number of aliphatic carboxylic acids is 1. The molecule has 87 heavy (non-hydrogen) atoms. The lowest BCUT2D eigenvalue weighted by atomic mass is 10.0. The van der Waals surface area contributed by atoms with E-state index in [9.17, 15) is 19.5 Å². The van der Waals surface area contributed by atoms with Gasteiger partial charge in [-0.25, -0.2) is 0 Å². The smallest absolute Gasteiger partial charge is 0.306 e. The minimum absolute atomic E-state index is 0.145. The standard InChI is InChI=1S/C78H137NO8/c1-6-8-10-12-14-16-18-20-22-24-26-28-29-30-31-32-33-34-35-36-37-38-39-40-41-42-43-44-45-46-47-49-51-53-55-57-59-61-63-65-67-69-76(81)87-74(73-86-78(77(82)83)84-71-70-79(3,4)5)72-85-75(80)68-66-64-62-60-58-56-54-52-50-48-27-25-23-21-19-17-15-13-11-9-7-2/h8-11,14-17,20-23,26-28,48,74,78H,6-7,12-13,18-19,24-25,29-47,49-73H2,1-5H3/b10-8-,11-9-,16-14-,17-15-,22-20-,23-21-,28-26-,48-27-. The molecule has 0 aliphatic rings. The Labute approximate surface area is 537 Å². The molecule has 0 bridgehead atoms. The Balaban J connectivity index is 3.97. The predicted molar refractivity (Wildman–Crippen MR) is 371 cm³/mol. The Morgan fingerprint density at radius 1 is 0.345 bits per heavy atom. The molecule has 502 valence electrons. The molecule has 0 aromatic carbocycles. The third-order valence-corrected chi connectivity index (χ3v) is 15.8. The lowest BCUT2D eigenvalue weighted by molar-refractivity contribution is -0.870. The summed E-state index contributed by atoms with van der Waals surface area (Å²) in [5, 5.41) is 11.8. The van der Waals surface area contributed by atoms with E-state index in [1.54, 1.807) is 0 Å². The summed E-state index contributed by atoms with van der Waals surface area (Å²) < 4.78 is 22.8. The monoisotopic (exact) mass is 1220 g/mol. The summed E-state index contributed by atoms with van der Waals surface area (Å²) in [4.78, 5) is 37.5. The SMILES string of the molecule is CC/C=C\C/C=C\C/C=C\C/C=C\CCCCCCCCCCCCCCCCCCCCCCCCCCCCCCC(=O)OC(COC(=O)CCCCCCCCCC/C=C\C/C=C\C/C=C\C/C=C\CC)COC(OCC[N+](C)(C)C)C(=O)[O-]. The zero-order chi connectivity index (χ0) is 63.3. The highest BCUT2D eigenvalue weighted by Gasteiger charge is 2.22. The molecule has 9 nitrogen and oxygen atoms in total. The van der Waals surface area contributed by atoms with Crippen LogP contribution in [0.25, 0.3) is 0 Å². The van der Waals surface area contributed by atoms with Crippen LogP contribution in [0.1, 0.15) is 322 Å². The number of quaternary nitrogens is 1. The molecule has 0 rings (SSSR count). The molecule has 0 aromatic heterocycles. The third-order valence-electron chi connectivity index (χ3n) is 15.8. The zero-order valence-electron chi connectivity index (χ0n) is 57.4. The van der Waals surface area contributed by atoms with Crippen LogP contribution in [0, 0.1) is 0 Å². The summed E-state index contributed by atoms with van der Waals surface area (Å²) in [7, 11) is 5.93. The van der Waals surface area contributed by atoms with Crippen LogP contribution in [0.2, 0.25) is 0 Å². The van der Waals surface area contributed by atoms with Gasteiger partial charge in [0.05, 0.1) is 40.3 Å². The molecule has 0 saturated carbocycles. The Hall–Kier alpha value is -3.79. The minimum atomic E-state index is -1.63. The Morgan fingerprint density at radius 3 is 0.920 bits per heavy atom. The van der Waals surface area contributed by atoms with Gasteiger partial charge in [-0.3, -0.25) is 9.59 Å². The number of carbonyl (C=O) groups is 3. The van der Waals surface area contributed by atoms with Crippen molar-refractivity contribution < 1.29 is 42.9 Å². The molecule has 9 heteroatoms. The second kappa shape index (κ2) is 68.1. The van der Waals surface area contributed by atoms with Crippen LogP contribution in [0.3, 0.4) is 0 Å². The molecule has 2 unspecified atom stereocenters. The highest BCUT2D eigenvalue weighted by Crippen LogP contribution is 2.18. The zero-order valence-corrected chi connectivity index (χ0v) is 57.4. The van der Waals surface area contributed by atoms with Gasteiger partial charge in [0.25, 0.3) is 0 Å². The summed E-state index contributed by atoms with van der Waals surface area (Å²) in [6, 6.07) is 0. The van der Waals surface area contributed by atoms with Crippen LogP contribution < -0.4 is 5.11 Å². The highest BCUT2D eigenvalue weighted by molar-refractivity contribution is 5.70. The van der Waals surface area contributed by atoms with Crippen molar-refractivity contribution in [1.29, 1.82) is 0 Å². The molecule has 0 heterocycles. The first-order valence-corrected chi connectivity index (χ1v) is 36.4. The summed E-state index contributed by atoms with van der Waals surface area (Å²) >= 11 is 0. The first-order chi connectivity index (χ1) is 42.6. The van der Waals surface area contributed by atoms with Crippen LogP contribution >= 0.6 is 0 Å². The van der Waals surface area contributed by atoms with Crippen molar-refractivity contribution in [2.75, 3.05) is 47.5 Å². The molecule has 0 radical (unpaired) electrons. The van der Waals surface area contributed by atoms with Gasteiger partial charge in [0.1, 0.15) is 13.2 Å². The topological polar surface area (TPSA) is 111 Å². The number of rotatable bonds is 67. The fourth-order valence-corrected chi connectivity index (χ4v) is 10.3. The van der Waals surface area contributed by atoms with Gasteiger partial charge in [-0.05, 0) is 89.9 Å². The van der Waals surface area contributed by atoms with Crippen LogP contribution in [-0.2, 0) is 33.3 Å². The van der Waals surface area contributed by atoms with Crippen molar-refractivity contribution in [2.24, 2.45) is 0 Å². The van der Waals surface area contributed by atoms with Crippen molar-refractivity contribution in [1.82, 2.24) is 0 Å². The molecular weight excluding hydrogens is 1080 g/mol. The van der Waals surface area contributed by atoms with Crippen LogP contribution in [0.4, 0.5) is 0 Å². The van der Waals surface area contributed by atoms with Gasteiger partial charge in [-0.2, -0.15) is 0 Å². The summed E-state index contributed by atoms with van der Waals surface area (Å²) in [6.07, 6.45) is 90.9. The van der Waals surface area contributed by atoms with Crippen LogP contribution in [0.5, 0.6) is 0 Å². The summed E-state index contributed by atoms with van der Waals surface area (Å²) in [5.41, 5.74) is 0. The molecule has 0 aliphatic heterocycles. The number of carboxylic acids is 1. The molecule has 0 amide bonds. The number of unbranched alkanes of at least 4 members (excludes halogenated alkanes) is 36. The van der Waals surface area contributed by atoms with Gasteiger partial charge < -0.3 is 33.3 Å². The van der Waals surface area contributed by atoms with Crippen molar-refractivity contribution in [3.63, 3.8) is 0 Å². The van der Waals surface area contributed by atoms with E-state index in [2.05, 4.69) is 111 Å². The summed E-state index contributed by atoms with van der Waals surface area (Å²) in [5.74, 6) is -2.28. The average molecular weight is 1220 g/mol. The number of esters is 2.